The van der Waals surface area contributed by atoms with Gasteiger partial charge >= 0.3 is 0 Å². The van der Waals surface area contributed by atoms with Crippen molar-refractivity contribution in [1.29, 1.82) is 0 Å². The van der Waals surface area contributed by atoms with Crippen LogP contribution in [0, 0.1) is 6.92 Å². The minimum atomic E-state index is -0.414. The number of aryl methyl sites for hydroxylation is 1. The summed E-state index contributed by atoms with van der Waals surface area (Å²) < 4.78 is 0.949. The molecule has 5 heteroatoms. The van der Waals surface area contributed by atoms with Crippen LogP contribution < -0.4 is 10.6 Å². The molecule has 0 saturated carbocycles. The summed E-state index contributed by atoms with van der Waals surface area (Å²) >= 11 is 3.40. The molecule has 0 radical (unpaired) electrons. The third kappa shape index (κ3) is 2.57. The van der Waals surface area contributed by atoms with Crippen molar-refractivity contribution in [3.8, 4) is 0 Å². The molecule has 1 aromatic heterocycles. The minimum Gasteiger partial charge on any atom is -0.309 e. The number of anilines is 1. The Balaban J connectivity index is 2.13. The second-order valence-corrected chi connectivity index (χ2v) is 5.54. The van der Waals surface area contributed by atoms with Crippen LogP contribution in [0.4, 0.5) is 5.82 Å². The Morgan fingerprint density at radius 2 is 2.39 bits per heavy atom. The van der Waals surface area contributed by atoms with Gasteiger partial charge in [-0.15, -0.1) is 0 Å². The first kappa shape index (κ1) is 13.5. The third-order valence-corrected chi connectivity index (χ3v) is 4.38. The largest absolute Gasteiger partial charge is 0.309 e. The number of rotatable bonds is 3. The summed E-state index contributed by atoms with van der Waals surface area (Å²) in [7, 11) is 0. The van der Waals surface area contributed by atoms with Gasteiger partial charge in [-0.3, -0.25) is 4.79 Å². The highest BCUT2D eigenvalue weighted by Crippen LogP contribution is 2.25. The zero-order valence-corrected chi connectivity index (χ0v) is 12.3. The molecule has 2 N–H and O–H groups in total. The van der Waals surface area contributed by atoms with E-state index in [9.17, 15) is 4.79 Å². The van der Waals surface area contributed by atoms with Crippen molar-refractivity contribution >= 4 is 27.7 Å². The first-order chi connectivity index (χ1) is 8.57. The fourth-order valence-electron chi connectivity index (χ4n) is 2.31. The lowest BCUT2D eigenvalue weighted by Gasteiger charge is -2.26. The van der Waals surface area contributed by atoms with E-state index >= 15 is 0 Å². The Bertz CT molecular complexity index is 456. The summed E-state index contributed by atoms with van der Waals surface area (Å²) in [6.45, 7) is 4.86. The molecule has 1 aliphatic heterocycles. The van der Waals surface area contributed by atoms with Gasteiger partial charge in [-0.2, -0.15) is 0 Å². The predicted molar refractivity (Wildman–Crippen MR) is 75.6 cm³/mol. The lowest BCUT2D eigenvalue weighted by atomic mass is 9.93. The molecule has 0 aliphatic carbocycles. The normalized spacial score (nSPS) is 23.1. The van der Waals surface area contributed by atoms with Gasteiger partial charge in [0, 0.05) is 4.47 Å². The summed E-state index contributed by atoms with van der Waals surface area (Å²) in [6.07, 6.45) is 2.74. The average Bonchev–Trinajstić information content (AvgIpc) is 2.84. The van der Waals surface area contributed by atoms with Crippen molar-refractivity contribution in [2.24, 2.45) is 0 Å². The Kier molecular flexibility index (Phi) is 4.02. The smallest absolute Gasteiger partial charge is 0.245 e. The van der Waals surface area contributed by atoms with E-state index in [4.69, 9.17) is 0 Å². The molecule has 0 spiro atoms. The van der Waals surface area contributed by atoms with Crippen molar-refractivity contribution in [3.63, 3.8) is 0 Å². The molecular formula is C13H18BrN3O. The first-order valence-electron chi connectivity index (χ1n) is 6.27. The van der Waals surface area contributed by atoms with Gasteiger partial charge in [-0.05, 0) is 60.8 Å². The van der Waals surface area contributed by atoms with Crippen LogP contribution in [0.5, 0.6) is 0 Å². The Morgan fingerprint density at radius 3 is 2.94 bits per heavy atom. The van der Waals surface area contributed by atoms with Gasteiger partial charge in [0.15, 0.2) is 0 Å². The molecule has 1 atom stereocenters. The summed E-state index contributed by atoms with van der Waals surface area (Å²) in [4.78, 5) is 16.7. The maximum Gasteiger partial charge on any atom is 0.245 e. The highest BCUT2D eigenvalue weighted by atomic mass is 79.9. The number of pyridine rings is 1. The van der Waals surface area contributed by atoms with Crippen molar-refractivity contribution in [2.45, 2.75) is 38.6 Å². The fourth-order valence-corrected chi connectivity index (χ4v) is 2.53. The predicted octanol–water partition coefficient (Wildman–Crippen LogP) is 2.62. The molecule has 0 bridgehead atoms. The van der Waals surface area contributed by atoms with Gasteiger partial charge in [0.25, 0.3) is 0 Å². The minimum absolute atomic E-state index is 0.0247. The average molecular weight is 312 g/mol. The molecule has 1 aromatic rings. The molecule has 2 rings (SSSR count). The lowest BCUT2D eigenvalue weighted by Crippen LogP contribution is -2.50. The molecule has 4 nitrogen and oxygen atoms in total. The summed E-state index contributed by atoms with van der Waals surface area (Å²) in [5.74, 6) is 0.638. The topological polar surface area (TPSA) is 54.0 Å². The highest BCUT2D eigenvalue weighted by molar-refractivity contribution is 9.10. The van der Waals surface area contributed by atoms with E-state index in [1.165, 1.54) is 0 Å². The van der Waals surface area contributed by atoms with E-state index in [0.29, 0.717) is 5.82 Å². The van der Waals surface area contributed by atoms with Crippen LogP contribution in [0.3, 0.4) is 0 Å². The third-order valence-electron chi connectivity index (χ3n) is 3.54. The number of aromatic nitrogens is 1. The molecule has 1 saturated heterocycles. The molecule has 1 aliphatic rings. The number of nitrogens with zero attached hydrogens (tertiary/aromatic N) is 1. The van der Waals surface area contributed by atoms with E-state index in [-0.39, 0.29) is 5.91 Å². The second-order valence-electron chi connectivity index (χ2n) is 4.68. The Hall–Kier alpha value is -0.940. The van der Waals surface area contributed by atoms with Crippen molar-refractivity contribution < 1.29 is 4.79 Å². The van der Waals surface area contributed by atoms with Crippen molar-refractivity contribution in [1.82, 2.24) is 10.3 Å². The highest BCUT2D eigenvalue weighted by Gasteiger charge is 2.39. The molecule has 2 heterocycles. The number of hydrogen-bond donors (Lipinski definition) is 2. The van der Waals surface area contributed by atoms with Gasteiger partial charge in [-0.25, -0.2) is 4.98 Å². The number of hydrogen-bond acceptors (Lipinski definition) is 3. The molecule has 18 heavy (non-hydrogen) atoms. The zero-order valence-electron chi connectivity index (χ0n) is 10.7. The van der Waals surface area contributed by atoms with Crippen molar-refractivity contribution in [2.75, 3.05) is 11.9 Å². The van der Waals surface area contributed by atoms with E-state index in [2.05, 4.69) is 31.5 Å². The van der Waals surface area contributed by atoms with Crippen LogP contribution in [0.15, 0.2) is 16.6 Å². The monoisotopic (exact) mass is 311 g/mol. The van der Waals surface area contributed by atoms with Crippen LogP contribution in [0.1, 0.15) is 31.9 Å². The van der Waals surface area contributed by atoms with Gasteiger partial charge < -0.3 is 10.6 Å². The molecule has 1 amide bonds. The van der Waals surface area contributed by atoms with Crippen LogP contribution in [-0.2, 0) is 4.79 Å². The van der Waals surface area contributed by atoms with Crippen molar-refractivity contribution in [3.05, 3.63) is 22.3 Å². The van der Waals surface area contributed by atoms with Crippen LogP contribution in [0.2, 0.25) is 0 Å². The zero-order chi connectivity index (χ0) is 13.2. The molecular weight excluding hydrogens is 294 g/mol. The van der Waals surface area contributed by atoms with Crippen LogP contribution in [-0.4, -0.2) is 23.0 Å². The molecule has 0 aromatic carbocycles. The Labute approximate surface area is 116 Å². The van der Waals surface area contributed by atoms with E-state index in [0.717, 1.165) is 36.0 Å². The summed E-state index contributed by atoms with van der Waals surface area (Å²) in [5.41, 5.74) is 0.459. The van der Waals surface area contributed by atoms with Gasteiger partial charge in [-0.1, -0.05) is 6.92 Å². The number of amides is 1. The molecule has 98 valence electrons. The fraction of sp³-hybridized carbons (Fsp3) is 0.538. The second kappa shape index (κ2) is 5.36. The first-order valence-corrected chi connectivity index (χ1v) is 7.06. The molecule has 1 fully saturated rings. The van der Waals surface area contributed by atoms with Crippen LogP contribution >= 0.6 is 15.9 Å². The van der Waals surface area contributed by atoms with E-state index in [1.807, 2.05) is 26.0 Å². The number of halogens is 1. The number of nitrogens with one attached hydrogen (secondary N) is 2. The molecule has 1 unspecified atom stereocenters. The SMILES string of the molecule is CCC1(C(=O)Nc2ccc(Br)c(C)n2)CCCN1. The lowest BCUT2D eigenvalue weighted by molar-refractivity contribution is -0.122. The standard InChI is InChI=1S/C13H18BrN3O/c1-3-13(7-4-8-15-13)12(18)17-11-6-5-10(14)9(2)16-11/h5-6,15H,3-4,7-8H2,1-2H3,(H,16,17,18). The Morgan fingerprint density at radius 1 is 1.61 bits per heavy atom. The van der Waals surface area contributed by atoms with Crippen LogP contribution in [0.25, 0.3) is 0 Å². The quantitative estimate of drug-likeness (QED) is 0.902. The summed E-state index contributed by atoms with van der Waals surface area (Å²) in [5, 5.41) is 6.23. The number of carbonyl (C=O) groups excluding carboxylic acids is 1. The maximum absolute atomic E-state index is 12.3. The maximum atomic E-state index is 12.3. The van der Waals surface area contributed by atoms with E-state index in [1.54, 1.807) is 0 Å². The summed E-state index contributed by atoms with van der Waals surface area (Å²) in [6, 6.07) is 3.71. The number of carbonyl (C=O) groups is 1. The van der Waals surface area contributed by atoms with E-state index < -0.39 is 5.54 Å². The van der Waals surface area contributed by atoms with Gasteiger partial charge in [0.05, 0.1) is 11.2 Å². The van der Waals surface area contributed by atoms with Gasteiger partial charge in [0.1, 0.15) is 5.82 Å². The van der Waals surface area contributed by atoms with Gasteiger partial charge in [0.2, 0.25) is 5.91 Å².